The molecule has 1 aliphatic rings. The van der Waals surface area contributed by atoms with Crippen LogP contribution in [0.1, 0.15) is 18.9 Å². The van der Waals surface area contributed by atoms with Crippen molar-refractivity contribution < 1.29 is 23.5 Å². The van der Waals surface area contributed by atoms with Gasteiger partial charge in [0, 0.05) is 29.2 Å². The summed E-state index contributed by atoms with van der Waals surface area (Å²) >= 11 is 12.2. The van der Waals surface area contributed by atoms with Crippen molar-refractivity contribution >= 4 is 46.4 Å². The van der Waals surface area contributed by atoms with Crippen molar-refractivity contribution in [2.45, 2.75) is 20.0 Å². The lowest BCUT2D eigenvalue weighted by Gasteiger charge is -2.18. The highest BCUT2D eigenvalue weighted by atomic mass is 35.5. The fraction of sp³-hybridized carbons (Fsp3) is 0.231. The number of anilines is 2. The largest absolute Gasteiger partial charge is 0.494 e. The summed E-state index contributed by atoms with van der Waals surface area (Å²) < 4.78 is 25.3. The van der Waals surface area contributed by atoms with E-state index in [1.54, 1.807) is 53.4 Å². The summed E-state index contributed by atoms with van der Waals surface area (Å²) in [6.45, 7) is 2.56. The third kappa shape index (κ3) is 6.01. The van der Waals surface area contributed by atoms with Gasteiger partial charge in [-0.2, -0.15) is 0 Å². The lowest BCUT2D eigenvalue weighted by molar-refractivity contribution is -0.125. The van der Waals surface area contributed by atoms with Crippen molar-refractivity contribution in [1.29, 1.82) is 0 Å². The van der Waals surface area contributed by atoms with Crippen molar-refractivity contribution in [1.82, 2.24) is 5.43 Å². The Labute approximate surface area is 218 Å². The Morgan fingerprint density at radius 1 is 1.11 bits per heavy atom. The fourth-order valence-corrected chi connectivity index (χ4v) is 4.19. The standard InChI is InChI=1S/C26H24Cl2FN3O4/c1-2-35-19-9-7-18(8-10-19)32-14-16(12-25(32)33)26(34)31-30-23-13-17(27)6-11-24(23)36-15-20-21(28)4-3-5-22(20)29/h3-11,13,16,30H,2,12,14-15H2,1H3,(H,31,34)/t16-/m1/s1. The summed E-state index contributed by atoms with van der Waals surface area (Å²) in [6, 6.07) is 16.3. The van der Waals surface area contributed by atoms with Crippen LogP contribution in [0.25, 0.3) is 0 Å². The first-order valence-corrected chi connectivity index (χ1v) is 12.1. The van der Waals surface area contributed by atoms with Crippen molar-refractivity contribution in [3.8, 4) is 11.5 Å². The molecule has 3 aromatic rings. The zero-order valence-electron chi connectivity index (χ0n) is 19.4. The van der Waals surface area contributed by atoms with E-state index in [2.05, 4.69) is 10.9 Å². The Hall–Kier alpha value is -3.49. The van der Waals surface area contributed by atoms with Crippen LogP contribution in [0.15, 0.2) is 60.7 Å². The Bertz CT molecular complexity index is 1240. The molecule has 10 heteroatoms. The Kier molecular flexibility index (Phi) is 8.18. The van der Waals surface area contributed by atoms with Gasteiger partial charge in [0.1, 0.15) is 23.9 Å². The molecule has 1 atom stereocenters. The molecule has 4 rings (SSSR count). The van der Waals surface area contributed by atoms with Crippen molar-refractivity contribution in [3.63, 3.8) is 0 Å². The van der Waals surface area contributed by atoms with Gasteiger partial charge in [-0.15, -0.1) is 0 Å². The molecule has 1 saturated heterocycles. The van der Waals surface area contributed by atoms with Crippen LogP contribution in [0.4, 0.5) is 15.8 Å². The number of hydrogen-bond acceptors (Lipinski definition) is 5. The van der Waals surface area contributed by atoms with Crippen LogP contribution in [0, 0.1) is 11.7 Å². The summed E-state index contributed by atoms with van der Waals surface area (Å²) in [5.41, 5.74) is 6.71. The molecule has 2 amide bonds. The molecular formula is C26H24Cl2FN3O4. The lowest BCUT2D eigenvalue weighted by atomic mass is 10.1. The van der Waals surface area contributed by atoms with Gasteiger partial charge in [0.15, 0.2) is 0 Å². The molecule has 0 aromatic heterocycles. The number of benzene rings is 3. The minimum atomic E-state index is -0.558. The van der Waals surface area contributed by atoms with Crippen LogP contribution in [0.3, 0.4) is 0 Å². The van der Waals surface area contributed by atoms with Gasteiger partial charge in [0.2, 0.25) is 11.8 Å². The van der Waals surface area contributed by atoms with Gasteiger partial charge >= 0.3 is 0 Å². The fourth-order valence-electron chi connectivity index (χ4n) is 3.80. The van der Waals surface area contributed by atoms with E-state index in [1.165, 1.54) is 12.1 Å². The first-order valence-electron chi connectivity index (χ1n) is 11.3. The SMILES string of the molecule is CCOc1ccc(N2C[C@H](C(=O)NNc3cc(Cl)ccc3OCc3c(F)cccc3Cl)CC2=O)cc1. The minimum absolute atomic E-state index is 0.0748. The van der Waals surface area contributed by atoms with Crippen LogP contribution >= 0.6 is 23.2 Å². The zero-order valence-corrected chi connectivity index (χ0v) is 20.9. The Morgan fingerprint density at radius 2 is 1.89 bits per heavy atom. The van der Waals surface area contributed by atoms with E-state index in [9.17, 15) is 14.0 Å². The number of hydrogen-bond donors (Lipinski definition) is 2. The third-order valence-corrected chi connectivity index (χ3v) is 6.24. The molecule has 0 aliphatic carbocycles. The number of nitrogens with zero attached hydrogens (tertiary/aromatic N) is 1. The zero-order chi connectivity index (χ0) is 25.7. The van der Waals surface area contributed by atoms with Crippen molar-refractivity contribution in [2.24, 2.45) is 5.92 Å². The summed E-state index contributed by atoms with van der Waals surface area (Å²) in [5, 5.41) is 0.649. The van der Waals surface area contributed by atoms with Gasteiger partial charge in [-0.3, -0.25) is 20.4 Å². The van der Waals surface area contributed by atoms with Crippen LogP contribution in [0.5, 0.6) is 11.5 Å². The molecular weight excluding hydrogens is 508 g/mol. The number of nitrogens with one attached hydrogen (secondary N) is 2. The third-order valence-electron chi connectivity index (χ3n) is 5.65. The molecule has 7 nitrogen and oxygen atoms in total. The van der Waals surface area contributed by atoms with E-state index in [-0.39, 0.29) is 42.0 Å². The number of carbonyl (C=O) groups excluding carboxylic acids is 2. The molecule has 2 N–H and O–H groups in total. The van der Waals surface area contributed by atoms with Gasteiger partial charge in [-0.1, -0.05) is 29.3 Å². The highest BCUT2D eigenvalue weighted by Crippen LogP contribution is 2.30. The molecule has 0 radical (unpaired) electrons. The van der Waals surface area contributed by atoms with E-state index in [0.717, 1.165) is 0 Å². The van der Waals surface area contributed by atoms with Crippen molar-refractivity contribution in [3.05, 3.63) is 82.1 Å². The molecule has 1 aliphatic heterocycles. The molecule has 3 aromatic carbocycles. The van der Waals surface area contributed by atoms with Gasteiger partial charge in [-0.05, 0) is 61.5 Å². The number of carbonyl (C=O) groups is 2. The van der Waals surface area contributed by atoms with E-state index < -0.39 is 11.7 Å². The van der Waals surface area contributed by atoms with Crippen LogP contribution in [0.2, 0.25) is 10.0 Å². The maximum atomic E-state index is 14.1. The second-order valence-electron chi connectivity index (χ2n) is 8.08. The number of rotatable bonds is 9. The van der Waals surface area contributed by atoms with E-state index in [1.807, 2.05) is 6.92 Å². The van der Waals surface area contributed by atoms with Gasteiger partial charge in [-0.25, -0.2) is 4.39 Å². The minimum Gasteiger partial charge on any atom is -0.494 e. The van der Waals surface area contributed by atoms with Gasteiger partial charge < -0.3 is 14.4 Å². The smallest absolute Gasteiger partial charge is 0.243 e. The number of halogens is 3. The molecule has 0 bridgehead atoms. The first kappa shape index (κ1) is 25.6. The average molecular weight is 532 g/mol. The molecule has 188 valence electrons. The summed E-state index contributed by atoms with van der Waals surface area (Å²) in [5.74, 6) is -0.506. The van der Waals surface area contributed by atoms with Crippen molar-refractivity contribution in [2.75, 3.05) is 23.5 Å². The van der Waals surface area contributed by atoms with Gasteiger partial charge in [0.25, 0.3) is 0 Å². The summed E-state index contributed by atoms with van der Waals surface area (Å²) in [7, 11) is 0. The van der Waals surface area contributed by atoms with Crippen LogP contribution < -0.4 is 25.2 Å². The second kappa shape index (κ2) is 11.5. The Morgan fingerprint density at radius 3 is 2.61 bits per heavy atom. The monoisotopic (exact) mass is 531 g/mol. The molecule has 0 spiro atoms. The number of amides is 2. The number of hydrazine groups is 1. The topological polar surface area (TPSA) is 79.9 Å². The van der Waals surface area contributed by atoms with Crippen LogP contribution in [-0.4, -0.2) is 25.0 Å². The normalized spacial score (nSPS) is 15.1. The summed E-state index contributed by atoms with van der Waals surface area (Å²) in [6.07, 6.45) is 0.0748. The molecule has 1 heterocycles. The van der Waals surface area contributed by atoms with Gasteiger partial charge in [0.05, 0.1) is 23.2 Å². The highest BCUT2D eigenvalue weighted by molar-refractivity contribution is 6.31. The lowest BCUT2D eigenvalue weighted by Crippen LogP contribution is -2.36. The molecule has 0 unspecified atom stereocenters. The van der Waals surface area contributed by atoms with E-state index >= 15 is 0 Å². The van der Waals surface area contributed by atoms with Crippen LogP contribution in [-0.2, 0) is 16.2 Å². The predicted molar refractivity (Wildman–Crippen MR) is 137 cm³/mol. The maximum absolute atomic E-state index is 14.1. The molecule has 36 heavy (non-hydrogen) atoms. The Balaban J connectivity index is 1.38. The summed E-state index contributed by atoms with van der Waals surface area (Å²) in [4.78, 5) is 27.0. The second-order valence-corrected chi connectivity index (χ2v) is 8.92. The van der Waals surface area contributed by atoms with E-state index in [0.29, 0.717) is 34.5 Å². The maximum Gasteiger partial charge on any atom is 0.243 e. The molecule has 0 saturated carbocycles. The quantitative estimate of drug-likeness (QED) is 0.351. The number of ether oxygens (including phenoxy) is 2. The average Bonchev–Trinajstić information content (AvgIpc) is 3.25. The highest BCUT2D eigenvalue weighted by Gasteiger charge is 2.35. The van der Waals surface area contributed by atoms with E-state index in [4.69, 9.17) is 32.7 Å². The predicted octanol–water partition coefficient (Wildman–Crippen LogP) is 5.61. The molecule has 1 fully saturated rings. The first-order chi connectivity index (χ1) is 17.4.